The Morgan fingerprint density at radius 1 is 1.08 bits per heavy atom. The van der Waals surface area contributed by atoms with Crippen LogP contribution in [-0.4, -0.2) is 32.2 Å². The molecule has 25 heavy (non-hydrogen) atoms. The maximum Gasteiger partial charge on any atom is 0.254 e. The third-order valence-corrected chi connectivity index (χ3v) is 5.99. The van der Waals surface area contributed by atoms with E-state index < -0.39 is 0 Å². The van der Waals surface area contributed by atoms with Crippen LogP contribution in [0.15, 0.2) is 42.7 Å². The third-order valence-electron chi connectivity index (χ3n) is 5.99. The summed E-state index contributed by atoms with van der Waals surface area (Å²) in [7, 11) is 0. The zero-order valence-corrected chi connectivity index (χ0v) is 14.5. The highest BCUT2D eigenvalue weighted by Gasteiger charge is 2.41. The normalized spacial score (nSPS) is 26.1. The molecule has 5 heteroatoms. The molecule has 2 aromatic heterocycles. The average molecular weight is 333 g/mol. The van der Waals surface area contributed by atoms with Crippen molar-refractivity contribution in [2.24, 2.45) is 11.8 Å². The van der Waals surface area contributed by atoms with Crippen LogP contribution in [0.1, 0.15) is 32.6 Å². The van der Waals surface area contributed by atoms with E-state index in [0.717, 1.165) is 35.5 Å². The summed E-state index contributed by atoms with van der Waals surface area (Å²) >= 11 is 0. The highest BCUT2D eigenvalue weighted by atomic mass is 15.4. The Kier molecular flexibility index (Phi) is 3.47. The minimum Gasteiger partial charge on any atom is -0.353 e. The summed E-state index contributed by atoms with van der Waals surface area (Å²) in [5, 5.41) is 4.46. The number of rotatable bonds is 2. The molecule has 0 N–H and O–H groups in total. The fourth-order valence-electron chi connectivity index (χ4n) is 4.79. The van der Waals surface area contributed by atoms with Crippen LogP contribution in [0.3, 0.4) is 0 Å². The summed E-state index contributed by atoms with van der Waals surface area (Å²) in [5.74, 6) is 3.36. The second kappa shape index (κ2) is 5.83. The van der Waals surface area contributed by atoms with Gasteiger partial charge < -0.3 is 4.90 Å². The van der Waals surface area contributed by atoms with Gasteiger partial charge in [-0.1, -0.05) is 50.1 Å². The Labute approximate surface area is 147 Å². The molecule has 3 unspecified atom stereocenters. The molecule has 0 radical (unpaired) electrons. The van der Waals surface area contributed by atoms with E-state index in [1.165, 1.54) is 25.7 Å². The quantitative estimate of drug-likeness (QED) is 0.715. The molecule has 0 bridgehead atoms. The van der Waals surface area contributed by atoms with Crippen LogP contribution in [0.2, 0.25) is 0 Å². The van der Waals surface area contributed by atoms with Gasteiger partial charge in [0.25, 0.3) is 5.78 Å². The van der Waals surface area contributed by atoms with Crippen LogP contribution in [0.25, 0.3) is 17.0 Å². The van der Waals surface area contributed by atoms with Crippen molar-refractivity contribution in [3.63, 3.8) is 0 Å². The van der Waals surface area contributed by atoms with E-state index in [9.17, 15) is 0 Å². The van der Waals surface area contributed by atoms with Crippen molar-refractivity contribution in [1.82, 2.24) is 19.6 Å². The molecule has 5 nitrogen and oxygen atoms in total. The fourth-order valence-corrected chi connectivity index (χ4v) is 4.79. The summed E-state index contributed by atoms with van der Waals surface area (Å²) in [6.07, 6.45) is 6.97. The average Bonchev–Trinajstić information content (AvgIpc) is 3.27. The lowest BCUT2D eigenvalue weighted by molar-refractivity contribution is 0.293. The van der Waals surface area contributed by atoms with Crippen LogP contribution in [-0.2, 0) is 0 Å². The number of hydrogen-bond donors (Lipinski definition) is 0. The van der Waals surface area contributed by atoms with Crippen LogP contribution in [0.5, 0.6) is 0 Å². The first-order chi connectivity index (χ1) is 12.3. The van der Waals surface area contributed by atoms with Crippen LogP contribution in [0.4, 0.5) is 5.82 Å². The Balaban J connectivity index is 1.64. The number of nitrogens with zero attached hydrogens (tertiary/aromatic N) is 5. The van der Waals surface area contributed by atoms with Crippen molar-refractivity contribution < 1.29 is 0 Å². The van der Waals surface area contributed by atoms with Gasteiger partial charge in [-0.2, -0.15) is 14.6 Å². The Hall–Kier alpha value is -2.43. The lowest BCUT2D eigenvalue weighted by Crippen LogP contribution is -2.36. The van der Waals surface area contributed by atoms with Gasteiger partial charge in [0, 0.05) is 24.2 Å². The maximum absolute atomic E-state index is 4.72. The van der Waals surface area contributed by atoms with Crippen molar-refractivity contribution >= 4 is 11.6 Å². The van der Waals surface area contributed by atoms with Crippen LogP contribution in [0, 0.1) is 11.8 Å². The molecule has 1 saturated heterocycles. The van der Waals surface area contributed by atoms with E-state index >= 15 is 0 Å². The molecule has 3 heterocycles. The molecule has 128 valence electrons. The van der Waals surface area contributed by atoms with Gasteiger partial charge in [-0.15, -0.1) is 0 Å². The number of benzene rings is 1. The zero-order valence-electron chi connectivity index (χ0n) is 14.5. The lowest BCUT2D eigenvalue weighted by Gasteiger charge is -2.33. The zero-order chi connectivity index (χ0) is 16.8. The van der Waals surface area contributed by atoms with Gasteiger partial charge in [-0.05, 0) is 24.7 Å². The Morgan fingerprint density at radius 3 is 2.80 bits per heavy atom. The number of hydrogen-bond acceptors (Lipinski definition) is 4. The van der Waals surface area contributed by atoms with Gasteiger partial charge >= 0.3 is 0 Å². The fraction of sp³-hybridized carbons (Fsp3) is 0.450. The highest BCUT2D eigenvalue weighted by molar-refractivity contribution is 5.66. The minimum atomic E-state index is 0.627. The van der Waals surface area contributed by atoms with Crippen LogP contribution >= 0.6 is 0 Å². The number of anilines is 1. The molecular weight excluding hydrogens is 310 g/mol. The molecule has 5 rings (SSSR count). The van der Waals surface area contributed by atoms with E-state index in [1.807, 2.05) is 10.6 Å². The molecule has 0 spiro atoms. The summed E-state index contributed by atoms with van der Waals surface area (Å²) < 4.78 is 1.91. The van der Waals surface area contributed by atoms with E-state index in [-0.39, 0.29) is 0 Å². The molecule has 1 aromatic carbocycles. The van der Waals surface area contributed by atoms with E-state index in [2.05, 4.69) is 52.2 Å². The SMILES string of the molecule is CC1CN(c2cc(-c3ccccc3)nc3ncnn23)C2CCCCC12. The third kappa shape index (κ3) is 2.41. The molecule has 1 aliphatic carbocycles. The molecule has 1 aliphatic heterocycles. The van der Waals surface area contributed by atoms with Crippen molar-refractivity contribution in [2.45, 2.75) is 38.6 Å². The van der Waals surface area contributed by atoms with Crippen molar-refractivity contribution in [1.29, 1.82) is 0 Å². The molecule has 3 atom stereocenters. The first-order valence-corrected chi connectivity index (χ1v) is 9.34. The molecule has 1 saturated carbocycles. The smallest absolute Gasteiger partial charge is 0.254 e. The summed E-state index contributed by atoms with van der Waals surface area (Å²) in [5.41, 5.74) is 2.10. The van der Waals surface area contributed by atoms with Crippen LogP contribution < -0.4 is 4.90 Å². The molecule has 2 fully saturated rings. The monoisotopic (exact) mass is 333 g/mol. The standard InChI is InChI=1S/C20H23N5/c1-14-12-24(18-10-6-5-9-16(14)18)19-11-17(15-7-3-2-4-8-15)23-20-21-13-22-25(19)20/h2-4,7-8,11,13-14,16,18H,5-6,9-10,12H2,1H3. The van der Waals surface area contributed by atoms with Gasteiger partial charge in [0.1, 0.15) is 12.1 Å². The van der Waals surface area contributed by atoms with E-state index in [1.54, 1.807) is 6.33 Å². The van der Waals surface area contributed by atoms with Crippen molar-refractivity contribution in [2.75, 3.05) is 11.4 Å². The second-order valence-electron chi connectivity index (χ2n) is 7.48. The van der Waals surface area contributed by atoms with Gasteiger partial charge in [0.2, 0.25) is 0 Å². The van der Waals surface area contributed by atoms with Gasteiger partial charge in [-0.3, -0.25) is 0 Å². The van der Waals surface area contributed by atoms with Gasteiger partial charge in [-0.25, -0.2) is 4.98 Å². The van der Waals surface area contributed by atoms with Crippen molar-refractivity contribution in [3.8, 4) is 11.3 Å². The topological polar surface area (TPSA) is 46.3 Å². The van der Waals surface area contributed by atoms with Gasteiger partial charge in [0.15, 0.2) is 0 Å². The molecular formula is C20H23N5. The molecule has 0 amide bonds. The predicted molar refractivity (Wildman–Crippen MR) is 98.5 cm³/mol. The molecule has 3 aromatic rings. The number of fused-ring (bicyclic) bond motifs is 2. The lowest BCUT2D eigenvalue weighted by atomic mass is 9.80. The summed E-state index contributed by atoms with van der Waals surface area (Å²) in [4.78, 5) is 11.7. The highest BCUT2D eigenvalue weighted by Crippen LogP contribution is 2.42. The van der Waals surface area contributed by atoms with Crippen molar-refractivity contribution in [3.05, 3.63) is 42.7 Å². The minimum absolute atomic E-state index is 0.627. The molecule has 2 aliphatic rings. The van der Waals surface area contributed by atoms with Gasteiger partial charge in [0.05, 0.1) is 5.69 Å². The number of aromatic nitrogens is 4. The maximum atomic E-state index is 4.72. The largest absolute Gasteiger partial charge is 0.353 e. The summed E-state index contributed by atoms with van der Waals surface area (Å²) in [6.45, 7) is 3.50. The first kappa shape index (κ1) is 14.9. The predicted octanol–water partition coefficient (Wildman–Crippen LogP) is 3.81. The second-order valence-corrected chi connectivity index (χ2v) is 7.48. The van der Waals surface area contributed by atoms with E-state index in [4.69, 9.17) is 4.98 Å². The van der Waals surface area contributed by atoms with E-state index in [0.29, 0.717) is 11.8 Å². The summed E-state index contributed by atoms with van der Waals surface area (Å²) in [6, 6.07) is 13.2. The Morgan fingerprint density at radius 2 is 1.92 bits per heavy atom. The first-order valence-electron chi connectivity index (χ1n) is 9.34. The Bertz CT molecular complexity index is 887.